The molecule has 0 saturated carbocycles. The molecule has 0 bridgehead atoms. The molecule has 0 spiro atoms. The van der Waals surface area contributed by atoms with Crippen LogP contribution in [0.25, 0.3) is 10.1 Å². The maximum absolute atomic E-state index is 12.2. The van der Waals surface area contributed by atoms with Gasteiger partial charge in [-0.25, -0.2) is 4.79 Å². The van der Waals surface area contributed by atoms with E-state index in [4.69, 9.17) is 9.26 Å². The van der Waals surface area contributed by atoms with Gasteiger partial charge in [0.1, 0.15) is 11.4 Å². The van der Waals surface area contributed by atoms with E-state index in [2.05, 4.69) is 15.4 Å². The quantitative estimate of drug-likeness (QED) is 0.561. The molecule has 0 fully saturated rings. The second-order valence-corrected chi connectivity index (χ2v) is 5.92. The summed E-state index contributed by atoms with van der Waals surface area (Å²) in [4.78, 5) is 13.1. The molecule has 2 heterocycles. The lowest BCUT2D eigenvalue weighted by molar-refractivity contribution is 0.0527. The summed E-state index contributed by atoms with van der Waals surface area (Å²) in [6.07, 6.45) is 1.45. The van der Waals surface area contributed by atoms with Gasteiger partial charge in [0.25, 0.3) is 5.88 Å². The highest BCUT2D eigenvalue weighted by molar-refractivity contribution is 7.19. The molecular formula is C15H13N3O4S. The van der Waals surface area contributed by atoms with Crippen molar-refractivity contribution in [2.45, 2.75) is 13.8 Å². The molecule has 0 aliphatic rings. The Labute approximate surface area is 135 Å². The third-order valence-corrected chi connectivity index (χ3v) is 4.11. The number of nitrogens with zero attached hydrogens (tertiary/aromatic N) is 3. The fourth-order valence-electron chi connectivity index (χ4n) is 2.11. The van der Waals surface area contributed by atoms with Gasteiger partial charge in [-0.15, -0.1) is 21.6 Å². The van der Waals surface area contributed by atoms with Crippen LogP contribution >= 0.6 is 11.3 Å². The van der Waals surface area contributed by atoms with Crippen LogP contribution < -0.4 is 0 Å². The second kappa shape index (κ2) is 6.17. The first-order valence-corrected chi connectivity index (χ1v) is 7.67. The summed E-state index contributed by atoms with van der Waals surface area (Å²) in [5.74, 6) is -0.345. The zero-order chi connectivity index (χ0) is 16.4. The summed E-state index contributed by atoms with van der Waals surface area (Å²) in [5, 5.41) is 22.4. The minimum Gasteiger partial charge on any atom is -0.507 e. The van der Waals surface area contributed by atoms with Crippen molar-refractivity contribution in [3.8, 4) is 5.75 Å². The monoisotopic (exact) mass is 331 g/mol. The second-order valence-electron chi connectivity index (χ2n) is 4.66. The Morgan fingerprint density at radius 3 is 2.96 bits per heavy atom. The molecule has 3 rings (SSSR count). The number of esters is 1. The van der Waals surface area contributed by atoms with Crippen LogP contribution in [0.15, 0.2) is 39.1 Å². The molecule has 1 N–H and O–H groups in total. The first-order chi connectivity index (χ1) is 11.1. The van der Waals surface area contributed by atoms with Gasteiger partial charge in [-0.3, -0.25) is 0 Å². The van der Waals surface area contributed by atoms with E-state index < -0.39 is 5.97 Å². The Balaban J connectivity index is 2.20. The summed E-state index contributed by atoms with van der Waals surface area (Å²) < 4.78 is 10.6. The van der Waals surface area contributed by atoms with E-state index >= 15 is 0 Å². The Bertz CT molecular complexity index is 884. The number of benzene rings is 1. The van der Waals surface area contributed by atoms with Crippen molar-refractivity contribution >= 4 is 39.0 Å². The molecule has 0 unspecified atom stereocenters. The van der Waals surface area contributed by atoms with Crippen molar-refractivity contribution in [3.63, 3.8) is 0 Å². The molecule has 0 saturated heterocycles. The van der Waals surface area contributed by atoms with Crippen LogP contribution in [0.3, 0.4) is 0 Å². The summed E-state index contributed by atoms with van der Waals surface area (Å²) in [6.45, 7) is 3.84. The van der Waals surface area contributed by atoms with E-state index in [1.807, 2.05) is 13.0 Å². The molecule has 0 radical (unpaired) electrons. The van der Waals surface area contributed by atoms with Gasteiger partial charge < -0.3 is 14.4 Å². The summed E-state index contributed by atoms with van der Waals surface area (Å²) >= 11 is 1.41. The first kappa shape index (κ1) is 15.2. The number of carbonyl (C=O) groups excluding carboxylic acids is 1. The van der Waals surface area contributed by atoms with Crippen molar-refractivity contribution in [3.05, 3.63) is 34.8 Å². The third-order valence-electron chi connectivity index (χ3n) is 3.05. The number of thiophene rings is 1. The van der Waals surface area contributed by atoms with Crippen molar-refractivity contribution in [2.24, 2.45) is 10.2 Å². The Kier molecular flexibility index (Phi) is 4.07. The van der Waals surface area contributed by atoms with Crippen molar-refractivity contribution < 1.29 is 19.2 Å². The molecule has 8 heteroatoms. The standard InChI is InChI=1S/C15H13N3O4S/c1-3-21-15(20)10-7-11(19)9-6-8(2)23-14(9)13(10)18-17-12-4-5-16-22-12/h4-7,19H,3H2,1-2H3/b18-17+. The zero-order valence-electron chi connectivity index (χ0n) is 12.4. The Morgan fingerprint density at radius 2 is 2.26 bits per heavy atom. The van der Waals surface area contributed by atoms with E-state index in [1.54, 1.807) is 13.0 Å². The summed E-state index contributed by atoms with van der Waals surface area (Å²) in [5.41, 5.74) is 0.493. The highest BCUT2D eigenvalue weighted by Gasteiger charge is 2.20. The number of carbonyl (C=O) groups is 1. The fourth-order valence-corrected chi connectivity index (χ4v) is 3.13. The molecule has 0 amide bonds. The van der Waals surface area contributed by atoms with Gasteiger partial charge in [0, 0.05) is 16.3 Å². The van der Waals surface area contributed by atoms with Gasteiger partial charge >= 0.3 is 5.97 Å². The molecule has 7 nitrogen and oxygen atoms in total. The summed E-state index contributed by atoms with van der Waals surface area (Å²) in [7, 11) is 0. The van der Waals surface area contributed by atoms with E-state index in [0.717, 1.165) is 4.88 Å². The van der Waals surface area contributed by atoms with E-state index in [9.17, 15) is 9.90 Å². The molecule has 23 heavy (non-hydrogen) atoms. The predicted molar refractivity (Wildman–Crippen MR) is 84.9 cm³/mol. The normalized spacial score (nSPS) is 11.4. The van der Waals surface area contributed by atoms with Gasteiger partial charge in [-0.05, 0) is 26.0 Å². The largest absolute Gasteiger partial charge is 0.507 e. The molecular weight excluding hydrogens is 318 g/mol. The van der Waals surface area contributed by atoms with Crippen LogP contribution in [0, 0.1) is 6.92 Å². The van der Waals surface area contributed by atoms with Crippen LogP contribution in [0.4, 0.5) is 11.6 Å². The smallest absolute Gasteiger partial charge is 0.340 e. The molecule has 0 aliphatic heterocycles. The average Bonchev–Trinajstić information content (AvgIpc) is 3.15. The Morgan fingerprint density at radius 1 is 1.43 bits per heavy atom. The molecule has 2 aromatic heterocycles. The van der Waals surface area contributed by atoms with E-state index in [0.29, 0.717) is 15.8 Å². The molecule has 0 aliphatic carbocycles. The third kappa shape index (κ3) is 2.93. The number of rotatable bonds is 4. The lowest BCUT2D eigenvalue weighted by atomic mass is 10.1. The van der Waals surface area contributed by atoms with Crippen molar-refractivity contribution in [1.82, 2.24) is 5.16 Å². The molecule has 0 atom stereocenters. The van der Waals surface area contributed by atoms with E-state index in [-0.39, 0.29) is 23.8 Å². The van der Waals surface area contributed by atoms with E-state index in [1.165, 1.54) is 23.6 Å². The summed E-state index contributed by atoms with van der Waals surface area (Å²) in [6, 6.07) is 4.73. The topological polar surface area (TPSA) is 97.3 Å². The van der Waals surface area contributed by atoms with Gasteiger partial charge in [0.05, 0.1) is 23.1 Å². The average molecular weight is 331 g/mol. The Hall–Kier alpha value is -2.74. The number of phenolic OH excluding ortho intramolecular Hbond substituents is 1. The van der Waals surface area contributed by atoms with Gasteiger partial charge in [0.15, 0.2) is 0 Å². The number of hydrogen-bond donors (Lipinski definition) is 1. The molecule has 1 aromatic carbocycles. The SMILES string of the molecule is CCOC(=O)c1cc(O)c2cc(C)sc2c1/N=N/c1ccno1. The van der Waals surface area contributed by atoms with Crippen LogP contribution in [0.2, 0.25) is 0 Å². The van der Waals surface area contributed by atoms with Crippen molar-refractivity contribution in [2.75, 3.05) is 6.61 Å². The number of ether oxygens (including phenoxy) is 1. The van der Waals surface area contributed by atoms with Crippen LogP contribution in [-0.4, -0.2) is 22.8 Å². The number of fused-ring (bicyclic) bond motifs is 1. The van der Waals surface area contributed by atoms with Crippen LogP contribution in [0.1, 0.15) is 22.2 Å². The minimum atomic E-state index is -0.567. The van der Waals surface area contributed by atoms with Gasteiger partial charge in [-0.1, -0.05) is 5.16 Å². The number of aryl methyl sites for hydroxylation is 1. The van der Waals surface area contributed by atoms with Crippen LogP contribution in [-0.2, 0) is 4.74 Å². The van der Waals surface area contributed by atoms with Gasteiger partial charge in [-0.2, -0.15) is 0 Å². The minimum absolute atomic E-state index is 0.00557. The maximum Gasteiger partial charge on any atom is 0.340 e. The number of aromatic hydroxyl groups is 1. The molecule has 118 valence electrons. The van der Waals surface area contributed by atoms with Crippen molar-refractivity contribution in [1.29, 1.82) is 0 Å². The highest BCUT2D eigenvalue weighted by Crippen LogP contribution is 2.42. The number of hydrogen-bond acceptors (Lipinski definition) is 8. The highest BCUT2D eigenvalue weighted by atomic mass is 32.1. The number of azo groups is 1. The molecule has 3 aromatic rings. The van der Waals surface area contributed by atoms with Gasteiger partial charge in [0.2, 0.25) is 0 Å². The first-order valence-electron chi connectivity index (χ1n) is 6.85. The number of phenols is 1. The lowest BCUT2D eigenvalue weighted by Gasteiger charge is -2.07. The zero-order valence-corrected chi connectivity index (χ0v) is 13.3. The number of aromatic nitrogens is 1. The lowest BCUT2D eigenvalue weighted by Crippen LogP contribution is -2.04. The predicted octanol–water partition coefficient (Wildman–Crippen LogP) is 4.50. The maximum atomic E-state index is 12.2. The fraction of sp³-hybridized carbons (Fsp3) is 0.200. The van der Waals surface area contributed by atoms with Crippen LogP contribution in [0.5, 0.6) is 5.75 Å².